The van der Waals surface area contributed by atoms with Crippen LogP contribution in [0.4, 0.5) is 5.69 Å². The molecule has 3 aliphatic heterocycles. The molecular weight excluding hydrogens is 486 g/mol. The van der Waals surface area contributed by atoms with Crippen molar-refractivity contribution in [1.29, 1.82) is 0 Å². The van der Waals surface area contributed by atoms with Gasteiger partial charge in [0.15, 0.2) is 11.5 Å². The van der Waals surface area contributed by atoms with E-state index in [1.807, 2.05) is 30.3 Å². The molecule has 2 saturated heterocycles. The first-order valence-corrected chi connectivity index (χ1v) is 13.1. The maximum absolute atomic E-state index is 11.1. The third kappa shape index (κ3) is 5.12. The van der Waals surface area contributed by atoms with Crippen LogP contribution in [0.25, 0.3) is 22.7 Å². The number of piperazine rings is 1. The lowest BCUT2D eigenvalue weighted by molar-refractivity contribution is 0.0322. The number of nitrogens with one attached hydrogen (secondary N) is 1. The zero-order valence-electron chi connectivity index (χ0n) is 21.6. The van der Waals surface area contributed by atoms with Crippen LogP contribution in [-0.4, -0.2) is 87.7 Å². The van der Waals surface area contributed by atoms with Gasteiger partial charge in [-0.15, -0.1) is 10.2 Å². The minimum Gasteiger partial charge on any atom is -0.504 e. The van der Waals surface area contributed by atoms with Gasteiger partial charge in [-0.25, -0.2) is 0 Å². The van der Waals surface area contributed by atoms with Gasteiger partial charge in [-0.2, -0.15) is 0 Å². The van der Waals surface area contributed by atoms with E-state index in [-0.39, 0.29) is 5.75 Å². The molecule has 3 aliphatic rings. The first kappa shape index (κ1) is 24.9. The average Bonchev–Trinajstić information content (AvgIpc) is 3.50. The molecule has 38 heavy (non-hydrogen) atoms. The van der Waals surface area contributed by atoms with Crippen molar-refractivity contribution in [2.24, 2.45) is 10.2 Å². The Labute approximate surface area is 221 Å². The second-order valence-electron chi connectivity index (χ2n) is 9.68. The van der Waals surface area contributed by atoms with E-state index in [0.29, 0.717) is 35.6 Å². The van der Waals surface area contributed by atoms with E-state index >= 15 is 0 Å². The van der Waals surface area contributed by atoms with Gasteiger partial charge in [0.05, 0.1) is 42.7 Å². The molecule has 2 aromatic carbocycles. The van der Waals surface area contributed by atoms with Crippen molar-refractivity contribution in [2.75, 3.05) is 72.7 Å². The molecule has 0 unspecified atom stereocenters. The van der Waals surface area contributed by atoms with Crippen molar-refractivity contribution in [2.45, 2.75) is 6.54 Å². The molecule has 3 aromatic rings. The van der Waals surface area contributed by atoms with Crippen molar-refractivity contribution < 1.29 is 23.7 Å². The first-order valence-electron chi connectivity index (χ1n) is 13.1. The lowest BCUT2D eigenvalue weighted by Crippen LogP contribution is -2.42. The molecular formula is C28H33N5O5. The van der Waals surface area contributed by atoms with E-state index < -0.39 is 0 Å². The first-order chi connectivity index (χ1) is 18.7. The number of fused-ring (bicyclic) bond motifs is 2. The Kier molecular flexibility index (Phi) is 7.28. The smallest absolute Gasteiger partial charge is 0.172 e. The van der Waals surface area contributed by atoms with Crippen LogP contribution >= 0.6 is 0 Å². The number of rotatable bonds is 8. The highest BCUT2D eigenvalue weighted by Crippen LogP contribution is 2.43. The number of azo groups is 1. The van der Waals surface area contributed by atoms with E-state index in [1.165, 1.54) is 0 Å². The summed E-state index contributed by atoms with van der Waals surface area (Å²) in [5.74, 6) is 1.93. The molecule has 0 amide bonds. The van der Waals surface area contributed by atoms with Crippen LogP contribution in [-0.2, 0) is 11.3 Å². The number of benzene rings is 2. The fraction of sp³-hybridized carbons (Fsp3) is 0.429. The summed E-state index contributed by atoms with van der Waals surface area (Å²) in [4.78, 5) is 4.69. The molecule has 0 saturated carbocycles. The normalized spacial score (nSPS) is 19.3. The molecule has 0 bridgehead atoms. The summed E-state index contributed by atoms with van der Waals surface area (Å²) in [5, 5.41) is 23.8. The van der Waals surface area contributed by atoms with Gasteiger partial charge in [-0.1, -0.05) is 0 Å². The Bertz CT molecular complexity index is 1360. The Morgan fingerprint density at radius 3 is 2.71 bits per heavy atom. The number of aromatic hydroxyl groups is 1. The molecule has 10 heteroatoms. The fourth-order valence-corrected chi connectivity index (χ4v) is 5.14. The highest BCUT2D eigenvalue weighted by atomic mass is 16.5. The molecule has 0 aliphatic carbocycles. The summed E-state index contributed by atoms with van der Waals surface area (Å²) < 4.78 is 23.3. The largest absolute Gasteiger partial charge is 0.504 e. The molecule has 0 spiro atoms. The van der Waals surface area contributed by atoms with Gasteiger partial charge in [0.25, 0.3) is 0 Å². The van der Waals surface area contributed by atoms with Crippen molar-refractivity contribution in [3.8, 4) is 17.2 Å². The number of morpholine rings is 1. The van der Waals surface area contributed by atoms with Gasteiger partial charge < -0.3 is 29.1 Å². The third-order valence-corrected chi connectivity index (χ3v) is 7.29. The zero-order valence-corrected chi connectivity index (χ0v) is 21.6. The SMILES string of the molecule is COc1ccc2c(O)c(C=C3N=Nc4ccc(OCCN5CCOCC5)cc43)oc2c1CN1CCNCC1. The molecule has 6 rings (SSSR count). The molecule has 1 aromatic heterocycles. The quantitative estimate of drug-likeness (QED) is 0.463. The van der Waals surface area contributed by atoms with Gasteiger partial charge >= 0.3 is 0 Å². The lowest BCUT2D eigenvalue weighted by Gasteiger charge is -2.27. The number of hydrogen-bond donors (Lipinski definition) is 2. The zero-order chi connectivity index (χ0) is 25.9. The Morgan fingerprint density at radius 2 is 1.89 bits per heavy atom. The maximum Gasteiger partial charge on any atom is 0.172 e. The van der Waals surface area contributed by atoms with Crippen molar-refractivity contribution >= 4 is 28.4 Å². The molecule has 2 N–H and O–H groups in total. The van der Waals surface area contributed by atoms with Gasteiger partial charge in [0.2, 0.25) is 0 Å². The second kappa shape index (κ2) is 11.1. The van der Waals surface area contributed by atoms with Crippen LogP contribution in [0.2, 0.25) is 0 Å². The lowest BCUT2D eigenvalue weighted by atomic mass is 10.1. The van der Waals surface area contributed by atoms with E-state index in [4.69, 9.17) is 18.6 Å². The molecule has 2 fully saturated rings. The van der Waals surface area contributed by atoms with Crippen molar-refractivity contribution in [1.82, 2.24) is 15.1 Å². The van der Waals surface area contributed by atoms with Crippen LogP contribution < -0.4 is 14.8 Å². The molecule has 0 radical (unpaired) electrons. The van der Waals surface area contributed by atoms with Gasteiger partial charge in [-0.3, -0.25) is 9.80 Å². The minimum absolute atomic E-state index is 0.0817. The van der Waals surface area contributed by atoms with E-state index in [0.717, 1.165) is 87.3 Å². The summed E-state index contributed by atoms with van der Waals surface area (Å²) in [7, 11) is 1.66. The predicted molar refractivity (Wildman–Crippen MR) is 144 cm³/mol. The van der Waals surface area contributed by atoms with Crippen LogP contribution in [0.5, 0.6) is 17.2 Å². The number of ether oxygens (including phenoxy) is 3. The summed E-state index contributed by atoms with van der Waals surface area (Å²) >= 11 is 0. The van der Waals surface area contributed by atoms with Gasteiger partial charge in [0, 0.05) is 64.0 Å². The molecule has 10 nitrogen and oxygen atoms in total. The second-order valence-corrected chi connectivity index (χ2v) is 9.68. The maximum atomic E-state index is 11.1. The summed E-state index contributed by atoms with van der Waals surface area (Å²) in [5.41, 5.74) is 3.77. The standard InChI is InChI=1S/C28H33N5O5/c1-35-25-5-3-20-27(34)26(38-28(20)22(25)18-33-8-6-29-7-9-33)17-24-21-16-19(2-4-23(21)30-31-24)37-15-12-32-10-13-36-14-11-32/h2-5,16-17,29,34H,6-15,18H2,1H3. The van der Waals surface area contributed by atoms with Crippen LogP contribution in [0, 0.1) is 0 Å². The monoisotopic (exact) mass is 519 g/mol. The van der Waals surface area contributed by atoms with Crippen molar-refractivity contribution in [3.05, 3.63) is 47.2 Å². The molecule has 0 atom stereocenters. The highest BCUT2D eigenvalue weighted by Gasteiger charge is 2.23. The molecule has 4 heterocycles. The van der Waals surface area contributed by atoms with E-state index in [9.17, 15) is 5.11 Å². The Morgan fingerprint density at radius 1 is 1.05 bits per heavy atom. The van der Waals surface area contributed by atoms with E-state index in [1.54, 1.807) is 13.2 Å². The van der Waals surface area contributed by atoms with Crippen LogP contribution in [0.15, 0.2) is 45.0 Å². The average molecular weight is 520 g/mol. The highest BCUT2D eigenvalue weighted by molar-refractivity contribution is 5.95. The minimum atomic E-state index is 0.0817. The van der Waals surface area contributed by atoms with Crippen LogP contribution in [0.1, 0.15) is 16.9 Å². The topological polar surface area (TPSA) is 104 Å². The molecule has 200 valence electrons. The van der Waals surface area contributed by atoms with E-state index in [2.05, 4.69) is 25.3 Å². The third-order valence-electron chi connectivity index (χ3n) is 7.29. The predicted octanol–water partition coefficient (Wildman–Crippen LogP) is 3.86. The summed E-state index contributed by atoms with van der Waals surface area (Å²) in [6, 6.07) is 9.48. The number of hydrogen-bond acceptors (Lipinski definition) is 10. The Hall–Kier alpha value is -3.44. The Balaban J connectivity index is 1.25. The van der Waals surface area contributed by atoms with Gasteiger partial charge in [0.1, 0.15) is 23.7 Å². The summed E-state index contributed by atoms with van der Waals surface area (Å²) in [6.07, 6.45) is 1.74. The van der Waals surface area contributed by atoms with Crippen molar-refractivity contribution in [3.63, 3.8) is 0 Å². The number of furan rings is 1. The fourth-order valence-electron chi connectivity index (χ4n) is 5.14. The summed E-state index contributed by atoms with van der Waals surface area (Å²) in [6.45, 7) is 9.31. The number of methoxy groups -OCH3 is 1. The van der Waals surface area contributed by atoms with Gasteiger partial charge in [-0.05, 0) is 30.3 Å². The van der Waals surface area contributed by atoms with Crippen LogP contribution in [0.3, 0.4) is 0 Å². The number of nitrogens with zero attached hydrogens (tertiary/aromatic N) is 4.